The fourth-order valence-electron chi connectivity index (χ4n) is 3.89. The summed E-state index contributed by atoms with van der Waals surface area (Å²) in [6.07, 6.45) is 4.10. The molecule has 1 saturated heterocycles. The van der Waals surface area contributed by atoms with Gasteiger partial charge in [-0.2, -0.15) is 0 Å². The molecule has 31 heavy (non-hydrogen) atoms. The summed E-state index contributed by atoms with van der Waals surface area (Å²) in [5.41, 5.74) is 7.31. The lowest BCUT2D eigenvalue weighted by molar-refractivity contribution is -0.115. The second kappa shape index (κ2) is 7.88. The van der Waals surface area contributed by atoms with Gasteiger partial charge in [0.25, 0.3) is 5.91 Å². The molecule has 0 unspecified atom stereocenters. The molecule has 2 aromatic carbocycles. The van der Waals surface area contributed by atoms with Gasteiger partial charge in [0, 0.05) is 23.3 Å². The van der Waals surface area contributed by atoms with Crippen molar-refractivity contribution in [3.05, 3.63) is 68.6 Å². The van der Waals surface area contributed by atoms with E-state index in [0.717, 1.165) is 28.1 Å². The summed E-state index contributed by atoms with van der Waals surface area (Å²) in [7, 11) is 2.08. The smallest absolute Gasteiger partial charge is 0.264 e. The van der Waals surface area contributed by atoms with Gasteiger partial charge in [-0.1, -0.05) is 29.8 Å². The van der Waals surface area contributed by atoms with Crippen LogP contribution < -0.4 is 10.2 Å². The molecule has 0 atom stereocenters. The molecule has 0 radical (unpaired) electrons. The van der Waals surface area contributed by atoms with Crippen LogP contribution >= 0.6 is 23.4 Å². The number of nitrogens with one attached hydrogen (secondary N) is 1. The minimum absolute atomic E-state index is 0.0825. The fourth-order valence-corrected chi connectivity index (χ4v) is 4.92. The van der Waals surface area contributed by atoms with E-state index in [1.165, 1.54) is 22.9 Å². The number of carbonyl (C=O) groups is 1. The zero-order valence-corrected chi connectivity index (χ0v) is 20.2. The molecular formula is C25H26ClN3OS. The SMILES string of the molecule is CC1=CC(C)(C)N(C)c2cc(Cl)c(/C=C3/SC(=Nc4cccc(C)c4C)NC3=O)cc21. The maximum Gasteiger partial charge on any atom is 0.264 e. The molecular weight excluding hydrogens is 426 g/mol. The van der Waals surface area contributed by atoms with E-state index in [2.05, 4.69) is 68.2 Å². The van der Waals surface area contributed by atoms with Gasteiger partial charge in [-0.3, -0.25) is 4.79 Å². The number of rotatable bonds is 2. The van der Waals surface area contributed by atoms with Gasteiger partial charge in [0.15, 0.2) is 5.17 Å². The largest absolute Gasteiger partial charge is 0.365 e. The van der Waals surface area contributed by atoms with Crippen LogP contribution in [0.1, 0.15) is 43.0 Å². The zero-order valence-electron chi connectivity index (χ0n) is 18.6. The van der Waals surface area contributed by atoms with Crippen LogP contribution in [0.5, 0.6) is 0 Å². The summed E-state index contributed by atoms with van der Waals surface area (Å²) < 4.78 is 0. The number of thioether (sulfide) groups is 1. The van der Waals surface area contributed by atoms with Crippen molar-refractivity contribution in [1.82, 2.24) is 5.32 Å². The predicted molar refractivity (Wildman–Crippen MR) is 134 cm³/mol. The first-order chi connectivity index (χ1) is 14.6. The number of anilines is 1. The quantitative estimate of drug-likeness (QED) is 0.531. The highest BCUT2D eigenvalue weighted by Crippen LogP contribution is 2.41. The Kier molecular flexibility index (Phi) is 5.52. The van der Waals surface area contributed by atoms with Crippen LogP contribution in [0.3, 0.4) is 0 Å². The summed E-state index contributed by atoms with van der Waals surface area (Å²) in [4.78, 5) is 20.0. The molecule has 2 aliphatic heterocycles. The molecule has 0 aliphatic carbocycles. The first-order valence-corrected chi connectivity index (χ1v) is 11.4. The molecule has 0 bridgehead atoms. The maximum absolute atomic E-state index is 12.6. The second-order valence-electron chi connectivity index (χ2n) is 8.63. The van der Waals surface area contributed by atoms with E-state index in [1.807, 2.05) is 31.2 Å². The van der Waals surface area contributed by atoms with E-state index >= 15 is 0 Å². The number of likely N-dealkylation sites (N-methyl/N-ethyl adjacent to an activating group) is 1. The third kappa shape index (κ3) is 4.04. The van der Waals surface area contributed by atoms with Gasteiger partial charge in [-0.25, -0.2) is 4.99 Å². The first-order valence-electron chi connectivity index (χ1n) is 10.2. The highest BCUT2D eigenvalue weighted by Gasteiger charge is 2.30. The molecule has 0 aromatic heterocycles. The van der Waals surface area contributed by atoms with Gasteiger partial charge in [0.2, 0.25) is 0 Å². The van der Waals surface area contributed by atoms with E-state index in [9.17, 15) is 4.79 Å². The monoisotopic (exact) mass is 451 g/mol. The maximum atomic E-state index is 12.6. The minimum atomic E-state index is -0.159. The van der Waals surface area contributed by atoms with Crippen molar-refractivity contribution in [2.45, 2.75) is 40.2 Å². The topological polar surface area (TPSA) is 44.7 Å². The zero-order chi connectivity index (χ0) is 22.5. The highest BCUT2D eigenvalue weighted by molar-refractivity contribution is 8.18. The Morgan fingerprint density at radius 3 is 2.68 bits per heavy atom. The lowest BCUT2D eigenvalue weighted by Crippen LogP contribution is -2.42. The Morgan fingerprint density at radius 2 is 1.94 bits per heavy atom. The van der Waals surface area contributed by atoms with E-state index in [0.29, 0.717) is 15.1 Å². The van der Waals surface area contributed by atoms with Crippen molar-refractivity contribution >= 4 is 57.5 Å². The number of aliphatic imine (C=N–C) groups is 1. The molecule has 1 amide bonds. The Morgan fingerprint density at radius 1 is 1.19 bits per heavy atom. The lowest BCUT2D eigenvalue weighted by Gasteiger charge is -2.40. The van der Waals surface area contributed by atoms with Gasteiger partial charge >= 0.3 is 0 Å². The number of carbonyl (C=O) groups excluding carboxylic acids is 1. The third-order valence-electron chi connectivity index (χ3n) is 6.07. The number of benzene rings is 2. The molecule has 0 saturated carbocycles. The number of aryl methyl sites for hydroxylation is 1. The van der Waals surface area contributed by atoms with Crippen molar-refractivity contribution < 1.29 is 4.79 Å². The molecule has 4 nitrogen and oxygen atoms in total. The summed E-state index contributed by atoms with van der Waals surface area (Å²) in [6.45, 7) is 10.6. The number of hydrogen-bond acceptors (Lipinski definition) is 4. The van der Waals surface area contributed by atoms with Crippen LogP contribution in [-0.2, 0) is 4.79 Å². The summed E-state index contributed by atoms with van der Waals surface area (Å²) in [6, 6.07) is 10.0. The minimum Gasteiger partial charge on any atom is -0.365 e. The van der Waals surface area contributed by atoms with Crippen molar-refractivity contribution in [3.63, 3.8) is 0 Å². The molecule has 1 N–H and O–H groups in total. The number of allylic oxidation sites excluding steroid dienone is 1. The standard InChI is InChI=1S/C25H26ClN3OS/c1-14-8-7-9-20(16(14)3)27-24-28-23(30)22(31-24)11-17-10-18-15(2)13-25(4,5)29(6)21(18)12-19(17)26/h7-13H,1-6H3,(H,27,28,30)/b22-11+. The van der Waals surface area contributed by atoms with Gasteiger partial charge < -0.3 is 10.2 Å². The molecule has 2 heterocycles. The van der Waals surface area contributed by atoms with Crippen molar-refractivity contribution in [2.24, 2.45) is 4.99 Å². The number of hydrogen-bond donors (Lipinski definition) is 1. The number of fused-ring (bicyclic) bond motifs is 1. The van der Waals surface area contributed by atoms with Crippen molar-refractivity contribution in [2.75, 3.05) is 11.9 Å². The molecule has 160 valence electrons. The molecule has 0 spiro atoms. The van der Waals surface area contributed by atoms with Crippen LogP contribution in [0.25, 0.3) is 11.6 Å². The molecule has 2 aliphatic rings. The van der Waals surface area contributed by atoms with Crippen LogP contribution in [0.4, 0.5) is 11.4 Å². The van der Waals surface area contributed by atoms with Crippen LogP contribution in [0.15, 0.2) is 46.3 Å². The summed E-state index contributed by atoms with van der Waals surface area (Å²) >= 11 is 7.97. The predicted octanol–water partition coefficient (Wildman–Crippen LogP) is 6.48. The summed E-state index contributed by atoms with van der Waals surface area (Å²) in [5, 5.41) is 4.07. The normalized spacial score (nSPS) is 20.2. The van der Waals surface area contributed by atoms with Gasteiger partial charge in [-0.05, 0) is 92.9 Å². The number of nitrogens with zero attached hydrogens (tertiary/aromatic N) is 2. The number of amidine groups is 1. The highest BCUT2D eigenvalue weighted by atomic mass is 35.5. The van der Waals surface area contributed by atoms with Crippen LogP contribution in [-0.4, -0.2) is 23.7 Å². The van der Waals surface area contributed by atoms with E-state index in [1.54, 1.807) is 0 Å². The second-order valence-corrected chi connectivity index (χ2v) is 10.1. The van der Waals surface area contributed by atoms with E-state index in [4.69, 9.17) is 11.6 Å². The van der Waals surface area contributed by atoms with Crippen LogP contribution in [0, 0.1) is 13.8 Å². The molecule has 2 aromatic rings. The lowest BCUT2D eigenvalue weighted by atomic mass is 9.88. The fraction of sp³-hybridized carbons (Fsp3) is 0.280. The van der Waals surface area contributed by atoms with E-state index in [-0.39, 0.29) is 11.4 Å². The number of halogens is 1. The molecule has 6 heteroatoms. The van der Waals surface area contributed by atoms with Gasteiger partial charge in [-0.15, -0.1) is 0 Å². The van der Waals surface area contributed by atoms with E-state index < -0.39 is 0 Å². The Hall–Kier alpha value is -2.50. The van der Waals surface area contributed by atoms with Gasteiger partial charge in [0.05, 0.1) is 16.1 Å². The summed E-state index contributed by atoms with van der Waals surface area (Å²) in [5.74, 6) is -0.159. The average molecular weight is 452 g/mol. The average Bonchev–Trinajstić information content (AvgIpc) is 3.03. The van der Waals surface area contributed by atoms with Crippen LogP contribution in [0.2, 0.25) is 5.02 Å². The Bertz CT molecular complexity index is 1190. The van der Waals surface area contributed by atoms with Crippen molar-refractivity contribution in [1.29, 1.82) is 0 Å². The third-order valence-corrected chi connectivity index (χ3v) is 7.31. The molecule has 1 fully saturated rings. The van der Waals surface area contributed by atoms with Gasteiger partial charge in [0.1, 0.15) is 0 Å². The first kappa shape index (κ1) is 21.7. The van der Waals surface area contributed by atoms with Crippen molar-refractivity contribution in [3.8, 4) is 0 Å². The molecule has 4 rings (SSSR count). The Labute approximate surface area is 193 Å². The number of amides is 1. The Balaban J connectivity index is 1.68.